The number of thioether (sulfide) groups is 1. The van der Waals surface area contributed by atoms with Crippen LogP contribution in [0.1, 0.15) is 12.1 Å². The normalized spacial score (nSPS) is 15.3. The Kier molecular flexibility index (Phi) is 8.88. The number of piperazine rings is 1. The minimum atomic E-state index is -0.394. The number of hydrogen-bond donors (Lipinski definition) is 1. The van der Waals surface area contributed by atoms with E-state index in [-0.39, 0.29) is 30.7 Å². The first-order chi connectivity index (χ1) is 11.6. The van der Waals surface area contributed by atoms with Crippen molar-refractivity contribution in [3.05, 3.63) is 18.1 Å². The van der Waals surface area contributed by atoms with Crippen LogP contribution in [0.3, 0.4) is 0 Å². The third kappa shape index (κ3) is 4.91. The van der Waals surface area contributed by atoms with Gasteiger partial charge in [-0.1, -0.05) is 0 Å². The second kappa shape index (κ2) is 10.1. The number of hydrogen-bond acceptors (Lipinski definition) is 7. The SMILES string of the molecule is CSCC[C@H](N)C(=O)N1CCN(c2cc(C)nc3ncnn23)CC1.Cl.Cl. The van der Waals surface area contributed by atoms with E-state index in [0.717, 1.165) is 36.8 Å². The highest BCUT2D eigenvalue weighted by atomic mass is 35.5. The summed E-state index contributed by atoms with van der Waals surface area (Å²) in [7, 11) is 0. The van der Waals surface area contributed by atoms with Crippen LogP contribution in [-0.4, -0.2) is 74.6 Å². The van der Waals surface area contributed by atoms with E-state index in [0.29, 0.717) is 18.9 Å². The van der Waals surface area contributed by atoms with Gasteiger partial charge in [-0.05, 0) is 25.4 Å². The van der Waals surface area contributed by atoms with E-state index in [4.69, 9.17) is 5.73 Å². The maximum atomic E-state index is 12.4. The Hall–Kier alpha value is -1.29. The lowest BCUT2D eigenvalue weighted by atomic mass is 10.2. The quantitative estimate of drug-likeness (QED) is 0.769. The first-order valence-corrected chi connectivity index (χ1v) is 9.45. The minimum Gasteiger partial charge on any atom is -0.353 e. The molecule has 1 aliphatic rings. The summed E-state index contributed by atoms with van der Waals surface area (Å²) in [6, 6.07) is 1.61. The molecule has 1 atom stereocenters. The van der Waals surface area contributed by atoms with Gasteiger partial charge in [-0.3, -0.25) is 4.79 Å². The van der Waals surface area contributed by atoms with Crippen LogP contribution < -0.4 is 10.6 Å². The summed E-state index contributed by atoms with van der Waals surface area (Å²) >= 11 is 1.71. The fraction of sp³-hybridized carbons (Fsp3) is 0.600. The Labute approximate surface area is 169 Å². The van der Waals surface area contributed by atoms with Gasteiger partial charge in [0, 0.05) is 37.9 Å². The maximum Gasteiger partial charge on any atom is 0.254 e. The molecule has 1 fully saturated rings. The number of nitrogens with two attached hydrogens (primary N) is 1. The van der Waals surface area contributed by atoms with E-state index < -0.39 is 6.04 Å². The highest BCUT2D eigenvalue weighted by molar-refractivity contribution is 7.98. The molecule has 2 aromatic rings. The molecule has 1 amide bonds. The van der Waals surface area contributed by atoms with E-state index in [1.807, 2.05) is 24.1 Å². The summed E-state index contributed by atoms with van der Waals surface area (Å²) < 4.78 is 1.74. The van der Waals surface area contributed by atoms with Gasteiger partial charge in [0.1, 0.15) is 12.1 Å². The van der Waals surface area contributed by atoms with Crippen molar-refractivity contribution in [2.24, 2.45) is 5.73 Å². The number of halogens is 2. The summed E-state index contributed by atoms with van der Waals surface area (Å²) in [4.78, 5) is 25.0. The maximum absolute atomic E-state index is 12.4. The van der Waals surface area contributed by atoms with Crippen LogP contribution in [0.2, 0.25) is 0 Å². The molecule has 0 aliphatic carbocycles. The van der Waals surface area contributed by atoms with Crippen molar-refractivity contribution in [1.29, 1.82) is 0 Å². The molecule has 0 aromatic carbocycles. The van der Waals surface area contributed by atoms with Gasteiger partial charge in [0.25, 0.3) is 5.78 Å². The molecule has 11 heteroatoms. The van der Waals surface area contributed by atoms with Crippen LogP contribution in [0.4, 0.5) is 5.82 Å². The molecule has 0 radical (unpaired) electrons. The lowest BCUT2D eigenvalue weighted by molar-refractivity contribution is -0.132. The van der Waals surface area contributed by atoms with Crippen molar-refractivity contribution in [2.45, 2.75) is 19.4 Å². The molecule has 0 saturated carbocycles. The van der Waals surface area contributed by atoms with Gasteiger partial charge in [-0.2, -0.15) is 26.4 Å². The first-order valence-electron chi connectivity index (χ1n) is 8.06. The van der Waals surface area contributed by atoms with Crippen molar-refractivity contribution in [1.82, 2.24) is 24.5 Å². The molecule has 3 heterocycles. The molecular weight excluding hydrogens is 397 g/mol. The topological polar surface area (TPSA) is 92.7 Å². The van der Waals surface area contributed by atoms with Crippen LogP contribution in [0.25, 0.3) is 5.78 Å². The summed E-state index contributed by atoms with van der Waals surface area (Å²) in [5.74, 6) is 2.53. The van der Waals surface area contributed by atoms with Crippen LogP contribution in [0.15, 0.2) is 12.4 Å². The summed E-state index contributed by atoms with van der Waals surface area (Å²) in [6.45, 7) is 4.79. The van der Waals surface area contributed by atoms with Gasteiger partial charge in [0.2, 0.25) is 5.91 Å². The first kappa shape index (κ1) is 22.8. The number of nitrogens with zero attached hydrogens (tertiary/aromatic N) is 6. The van der Waals surface area contributed by atoms with Crippen molar-refractivity contribution in [3.8, 4) is 0 Å². The van der Waals surface area contributed by atoms with Crippen molar-refractivity contribution >= 4 is 54.1 Å². The monoisotopic (exact) mass is 421 g/mol. The zero-order valence-corrected chi connectivity index (χ0v) is 17.3. The van der Waals surface area contributed by atoms with Gasteiger partial charge in [-0.25, -0.2) is 4.98 Å². The zero-order chi connectivity index (χ0) is 17.1. The molecule has 146 valence electrons. The van der Waals surface area contributed by atoms with Crippen molar-refractivity contribution < 1.29 is 4.79 Å². The number of aryl methyl sites for hydroxylation is 1. The molecule has 1 saturated heterocycles. The fourth-order valence-electron chi connectivity index (χ4n) is 2.90. The molecule has 0 spiro atoms. The zero-order valence-electron chi connectivity index (χ0n) is 14.9. The van der Waals surface area contributed by atoms with Gasteiger partial charge in [-0.15, -0.1) is 24.8 Å². The van der Waals surface area contributed by atoms with Gasteiger partial charge < -0.3 is 15.5 Å². The number of aromatic nitrogens is 4. The number of carbonyl (C=O) groups is 1. The standard InChI is InChI=1S/C15H23N7OS.2ClH/c1-11-9-13(22-15(19-11)17-10-18-22)20-4-6-21(7-5-20)14(23)12(16)3-8-24-2;;/h9-10,12H,3-8,16H2,1-2H3;2*1H/t12-;;/m0../s1. The van der Waals surface area contributed by atoms with Crippen LogP contribution in [-0.2, 0) is 4.79 Å². The summed E-state index contributed by atoms with van der Waals surface area (Å²) in [5, 5.41) is 4.25. The predicted octanol–water partition coefficient (Wildman–Crippen LogP) is 1.01. The van der Waals surface area contributed by atoms with Crippen LogP contribution in [0, 0.1) is 6.92 Å². The second-order valence-corrected chi connectivity index (χ2v) is 6.91. The Bertz CT molecular complexity index is 721. The largest absolute Gasteiger partial charge is 0.353 e. The van der Waals surface area contributed by atoms with E-state index in [2.05, 4.69) is 20.0 Å². The lowest BCUT2D eigenvalue weighted by Gasteiger charge is -2.37. The number of rotatable bonds is 5. The lowest BCUT2D eigenvalue weighted by Crippen LogP contribution is -2.53. The molecule has 0 bridgehead atoms. The Balaban J connectivity index is 0.00000169. The van der Waals surface area contributed by atoms with Crippen molar-refractivity contribution in [3.63, 3.8) is 0 Å². The third-order valence-corrected chi connectivity index (χ3v) is 4.87. The minimum absolute atomic E-state index is 0. The molecule has 8 nitrogen and oxygen atoms in total. The summed E-state index contributed by atoms with van der Waals surface area (Å²) in [5.41, 5.74) is 6.92. The van der Waals surface area contributed by atoms with E-state index >= 15 is 0 Å². The number of amides is 1. The van der Waals surface area contributed by atoms with Crippen LogP contribution in [0.5, 0.6) is 0 Å². The molecule has 3 rings (SSSR count). The summed E-state index contributed by atoms with van der Waals surface area (Å²) in [6.07, 6.45) is 4.26. The smallest absolute Gasteiger partial charge is 0.254 e. The molecule has 26 heavy (non-hydrogen) atoms. The predicted molar refractivity (Wildman–Crippen MR) is 110 cm³/mol. The highest BCUT2D eigenvalue weighted by Gasteiger charge is 2.26. The van der Waals surface area contributed by atoms with Gasteiger partial charge >= 0.3 is 0 Å². The number of carbonyl (C=O) groups excluding carboxylic acids is 1. The van der Waals surface area contributed by atoms with Gasteiger partial charge in [0.15, 0.2) is 0 Å². The fourth-order valence-corrected chi connectivity index (χ4v) is 3.38. The van der Waals surface area contributed by atoms with Crippen molar-refractivity contribution in [2.75, 3.05) is 43.1 Å². The van der Waals surface area contributed by atoms with E-state index in [1.165, 1.54) is 6.33 Å². The van der Waals surface area contributed by atoms with Gasteiger partial charge in [0.05, 0.1) is 6.04 Å². The Morgan fingerprint density at radius 3 is 2.65 bits per heavy atom. The molecule has 1 aliphatic heterocycles. The Morgan fingerprint density at radius 2 is 2.00 bits per heavy atom. The number of anilines is 1. The third-order valence-electron chi connectivity index (χ3n) is 4.23. The van der Waals surface area contributed by atoms with E-state index in [1.54, 1.807) is 16.3 Å². The molecule has 0 unspecified atom stereocenters. The van der Waals surface area contributed by atoms with E-state index in [9.17, 15) is 4.79 Å². The molecule has 2 N–H and O–H groups in total. The van der Waals surface area contributed by atoms with Crippen LogP contribution >= 0.6 is 36.6 Å². The second-order valence-electron chi connectivity index (χ2n) is 5.93. The Morgan fingerprint density at radius 1 is 1.31 bits per heavy atom. The number of fused-ring (bicyclic) bond motifs is 1. The average Bonchev–Trinajstić information content (AvgIpc) is 3.06. The molecule has 2 aromatic heterocycles. The average molecular weight is 422 g/mol. The molecular formula is C15H25Cl2N7OS. The highest BCUT2D eigenvalue weighted by Crippen LogP contribution is 2.18.